The van der Waals surface area contributed by atoms with Crippen LogP contribution in [-0.4, -0.2) is 55.5 Å². The van der Waals surface area contributed by atoms with Gasteiger partial charge in [0.05, 0.1) is 0 Å². The van der Waals surface area contributed by atoms with Gasteiger partial charge in [-0.25, -0.2) is 4.79 Å². The number of hydrogen-bond acceptors (Lipinski definition) is 9. The van der Waals surface area contributed by atoms with E-state index in [0.717, 1.165) is 19.1 Å². The molecule has 158 valence electrons. The van der Waals surface area contributed by atoms with Gasteiger partial charge < -0.3 is 29.9 Å². The number of aliphatic hydroxyl groups excluding tert-OH is 1. The number of carbonyl (C=O) groups excluding carboxylic acids is 3. The zero-order valence-corrected chi connectivity index (χ0v) is 16.4. The molecule has 0 unspecified atom stereocenters. The van der Waals surface area contributed by atoms with Gasteiger partial charge >= 0.3 is 5.97 Å². The average Bonchev–Trinajstić information content (AvgIpc) is 2.63. The van der Waals surface area contributed by atoms with Crippen molar-refractivity contribution in [3.8, 4) is 11.5 Å². The molecule has 0 fully saturated rings. The topological polar surface area (TPSA) is 151 Å². The Morgan fingerprint density at radius 2 is 1.90 bits per heavy atom. The van der Waals surface area contributed by atoms with Gasteiger partial charge in [0.25, 0.3) is 0 Å². The van der Waals surface area contributed by atoms with Crippen molar-refractivity contribution < 1.29 is 44.3 Å². The van der Waals surface area contributed by atoms with E-state index in [2.05, 4.69) is 0 Å². The van der Waals surface area contributed by atoms with E-state index in [1.54, 1.807) is 13.0 Å². The number of hydrogen-bond donors (Lipinski definition) is 4. The number of phenolic OH excluding ortho intramolecular Hbond substituents is 2. The second kappa shape index (κ2) is 7.12. The number of aromatic hydroxyl groups is 2. The Labute approximate surface area is 171 Å². The normalized spacial score (nSPS) is 28.5. The number of esters is 1. The van der Waals surface area contributed by atoms with E-state index >= 15 is 0 Å². The second-order valence-corrected chi connectivity index (χ2v) is 7.16. The first-order chi connectivity index (χ1) is 13.9. The number of ether oxygens (including phenoxy) is 2. The Hall–Kier alpha value is -3.43. The molecule has 0 spiro atoms. The minimum Gasteiger partial charge on any atom is -0.508 e. The third-order valence-corrected chi connectivity index (χ3v) is 5.01. The van der Waals surface area contributed by atoms with Crippen LogP contribution in [-0.2, 0) is 19.1 Å². The number of Topliss-reactive ketones (excluding diaryl/α,β-unsaturated/α-hetero) is 1. The summed E-state index contributed by atoms with van der Waals surface area (Å²) in [5.74, 6) is -4.28. The second-order valence-electron chi connectivity index (χ2n) is 7.16. The number of allylic oxidation sites excluding steroid dienone is 2. The van der Waals surface area contributed by atoms with Crippen molar-refractivity contribution in [3.05, 3.63) is 58.9 Å². The molecule has 4 N–H and O–H groups in total. The van der Waals surface area contributed by atoms with Crippen LogP contribution in [0.2, 0.25) is 0 Å². The molecular formula is C21H20O9. The molecule has 9 nitrogen and oxygen atoms in total. The third-order valence-electron chi connectivity index (χ3n) is 5.01. The summed E-state index contributed by atoms with van der Waals surface area (Å²) in [4.78, 5) is 38.5. The van der Waals surface area contributed by atoms with Gasteiger partial charge in [-0.2, -0.15) is 0 Å². The van der Waals surface area contributed by atoms with E-state index in [4.69, 9.17) is 9.47 Å². The molecule has 1 aliphatic carbocycles. The van der Waals surface area contributed by atoms with Crippen molar-refractivity contribution >= 4 is 17.5 Å². The van der Waals surface area contributed by atoms with Crippen molar-refractivity contribution in [2.24, 2.45) is 0 Å². The molecule has 30 heavy (non-hydrogen) atoms. The van der Waals surface area contributed by atoms with Gasteiger partial charge in [-0.1, -0.05) is 6.08 Å². The molecular weight excluding hydrogens is 396 g/mol. The Bertz CT molecular complexity index is 1030. The smallest absolute Gasteiger partial charge is 0.343 e. The van der Waals surface area contributed by atoms with Crippen LogP contribution in [0, 0.1) is 6.92 Å². The maximum atomic E-state index is 13.1. The van der Waals surface area contributed by atoms with Gasteiger partial charge in [0, 0.05) is 11.6 Å². The van der Waals surface area contributed by atoms with Gasteiger partial charge in [-0.3, -0.25) is 9.59 Å². The van der Waals surface area contributed by atoms with Crippen LogP contribution in [0.3, 0.4) is 0 Å². The maximum absolute atomic E-state index is 13.1. The Morgan fingerprint density at radius 1 is 1.23 bits per heavy atom. The highest BCUT2D eigenvalue weighted by Crippen LogP contribution is 2.41. The van der Waals surface area contributed by atoms with Crippen molar-refractivity contribution in [1.29, 1.82) is 0 Å². The van der Waals surface area contributed by atoms with Crippen LogP contribution < -0.4 is 0 Å². The van der Waals surface area contributed by atoms with Crippen LogP contribution in [0.1, 0.15) is 29.8 Å². The van der Waals surface area contributed by atoms with Crippen LogP contribution in [0.5, 0.6) is 11.5 Å². The standard InChI is InChI=1S/C21H20O9/c1-4-5-13-7-11-8-15(24)20(3,18(26)21(11,28)19(27)29-13)30-17(25)16-10(2)6-12(22)9-14(16)23/h4-9,19,22-23,27-28H,1-3H3/b5-4+/t19-,20+,21+/m0/s1. The lowest BCUT2D eigenvalue weighted by Crippen LogP contribution is -2.66. The van der Waals surface area contributed by atoms with E-state index in [1.807, 2.05) is 0 Å². The number of aliphatic hydroxyl groups is 2. The minimum atomic E-state index is -2.65. The molecule has 9 heteroatoms. The molecule has 0 amide bonds. The summed E-state index contributed by atoms with van der Waals surface area (Å²) in [7, 11) is 0. The molecule has 3 rings (SSSR count). The fraction of sp³-hybridized carbons (Fsp3) is 0.286. The Morgan fingerprint density at radius 3 is 2.50 bits per heavy atom. The number of benzene rings is 1. The predicted octanol–water partition coefficient (Wildman–Crippen LogP) is 0.940. The van der Waals surface area contributed by atoms with E-state index in [9.17, 15) is 34.8 Å². The van der Waals surface area contributed by atoms with E-state index in [-0.39, 0.29) is 28.2 Å². The van der Waals surface area contributed by atoms with Crippen molar-refractivity contribution in [3.63, 3.8) is 0 Å². The number of ketones is 2. The lowest BCUT2D eigenvalue weighted by Gasteiger charge is -2.43. The van der Waals surface area contributed by atoms with Crippen LogP contribution in [0.4, 0.5) is 0 Å². The molecule has 0 radical (unpaired) electrons. The van der Waals surface area contributed by atoms with Crippen LogP contribution in [0.25, 0.3) is 0 Å². The first kappa shape index (κ1) is 21.3. The quantitative estimate of drug-likeness (QED) is 0.417. The van der Waals surface area contributed by atoms with Crippen molar-refractivity contribution in [2.75, 3.05) is 0 Å². The first-order valence-electron chi connectivity index (χ1n) is 8.94. The summed E-state index contributed by atoms with van der Waals surface area (Å²) >= 11 is 0. The maximum Gasteiger partial charge on any atom is 0.343 e. The molecule has 0 saturated carbocycles. The lowest BCUT2D eigenvalue weighted by molar-refractivity contribution is -0.201. The zero-order chi connectivity index (χ0) is 22.4. The number of aryl methyl sites for hydroxylation is 1. The number of rotatable bonds is 3. The Balaban J connectivity index is 2.04. The summed E-state index contributed by atoms with van der Waals surface area (Å²) in [5.41, 5.74) is -5.59. The zero-order valence-electron chi connectivity index (χ0n) is 16.4. The SMILES string of the molecule is C/C=C/C1=CC2=CC(=O)[C@@](C)(OC(=O)c3c(C)cc(O)cc3O)C(=O)[C@@]2(O)[C@@H](O)O1. The summed E-state index contributed by atoms with van der Waals surface area (Å²) < 4.78 is 10.3. The molecule has 1 aliphatic heterocycles. The molecule has 2 aliphatic rings. The fourth-order valence-electron chi connectivity index (χ4n) is 3.40. The monoisotopic (exact) mass is 416 g/mol. The molecule has 1 aromatic carbocycles. The minimum absolute atomic E-state index is 0.117. The third kappa shape index (κ3) is 3.08. The van der Waals surface area contributed by atoms with Gasteiger partial charge in [0.2, 0.25) is 29.1 Å². The van der Waals surface area contributed by atoms with Gasteiger partial charge in [-0.15, -0.1) is 0 Å². The highest BCUT2D eigenvalue weighted by Gasteiger charge is 2.63. The van der Waals surface area contributed by atoms with Crippen LogP contribution in [0.15, 0.2) is 47.8 Å². The summed E-state index contributed by atoms with van der Waals surface area (Å²) in [6.07, 6.45) is 3.12. The molecule has 0 aromatic heterocycles. The summed E-state index contributed by atoms with van der Waals surface area (Å²) in [6.45, 7) is 4.06. The highest BCUT2D eigenvalue weighted by molar-refractivity contribution is 6.23. The molecule has 0 saturated heterocycles. The van der Waals surface area contributed by atoms with Crippen LogP contribution >= 0.6 is 0 Å². The van der Waals surface area contributed by atoms with Gasteiger partial charge in [-0.05, 0) is 50.6 Å². The van der Waals surface area contributed by atoms with E-state index in [0.29, 0.717) is 0 Å². The first-order valence-corrected chi connectivity index (χ1v) is 8.94. The van der Waals surface area contributed by atoms with E-state index < -0.39 is 40.8 Å². The van der Waals surface area contributed by atoms with Gasteiger partial charge in [0.15, 0.2) is 0 Å². The summed E-state index contributed by atoms with van der Waals surface area (Å²) in [6, 6.07) is 2.08. The van der Waals surface area contributed by atoms with E-state index in [1.165, 1.54) is 25.1 Å². The summed E-state index contributed by atoms with van der Waals surface area (Å²) in [5, 5.41) is 40.7. The predicted molar refractivity (Wildman–Crippen MR) is 101 cm³/mol. The number of fused-ring (bicyclic) bond motifs is 1. The average molecular weight is 416 g/mol. The van der Waals surface area contributed by atoms with Gasteiger partial charge in [0.1, 0.15) is 22.8 Å². The number of phenols is 2. The molecule has 1 aromatic rings. The fourth-order valence-corrected chi connectivity index (χ4v) is 3.40. The molecule has 0 bridgehead atoms. The Kier molecular flexibility index (Phi) is 5.05. The largest absolute Gasteiger partial charge is 0.508 e. The molecule has 1 heterocycles. The number of carbonyl (C=O) groups is 3. The van der Waals surface area contributed by atoms with Crippen molar-refractivity contribution in [1.82, 2.24) is 0 Å². The molecule has 3 atom stereocenters. The lowest BCUT2D eigenvalue weighted by atomic mass is 9.72. The van der Waals surface area contributed by atoms with Crippen molar-refractivity contribution in [2.45, 2.75) is 38.3 Å². The highest BCUT2D eigenvalue weighted by atomic mass is 16.6.